The number of amides is 1. The summed E-state index contributed by atoms with van der Waals surface area (Å²) in [5.41, 5.74) is 8.34. The molecule has 4 aliphatic rings. The van der Waals surface area contributed by atoms with E-state index < -0.39 is 0 Å². The molecule has 0 radical (unpaired) electrons. The van der Waals surface area contributed by atoms with Crippen molar-refractivity contribution in [2.24, 2.45) is 28.4 Å². The summed E-state index contributed by atoms with van der Waals surface area (Å²) in [6.07, 6.45) is 8.56. The number of fused-ring (bicyclic) bond motifs is 6. The van der Waals surface area contributed by atoms with Gasteiger partial charge in [-0.15, -0.1) is 0 Å². The number of primary amides is 1. The monoisotopic (exact) mass is 395 g/mol. The Morgan fingerprint density at radius 1 is 1.07 bits per heavy atom. The lowest BCUT2D eigenvalue weighted by atomic mass is 9.52. The van der Waals surface area contributed by atoms with Gasteiger partial charge in [-0.05, 0) is 106 Å². The topological polar surface area (TPSA) is 69.4 Å². The van der Waals surface area contributed by atoms with Crippen molar-refractivity contribution in [2.75, 3.05) is 0 Å². The highest BCUT2D eigenvalue weighted by atomic mass is 16.6. The molecule has 156 valence electrons. The molecule has 1 amide bonds. The van der Waals surface area contributed by atoms with Crippen LogP contribution in [-0.2, 0) is 16.0 Å². The van der Waals surface area contributed by atoms with E-state index in [2.05, 4.69) is 13.0 Å². The first kappa shape index (κ1) is 19.1. The van der Waals surface area contributed by atoms with Crippen LogP contribution in [0.25, 0.3) is 0 Å². The summed E-state index contributed by atoms with van der Waals surface area (Å²) in [5, 5.41) is 0. The van der Waals surface area contributed by atoms with Gasteiger partial charge in [0, 0.05) is 11.0 Å². The number of esters is 1. The fourth-order valence-electron chi connectivity index (χ4n) is 7.39. The summed E-state index contributed by atoms with van der Waals surface area (Å²) in [5.74, 6) is 1.48. The van der Waals surface area contributed by atoms with E-state index in [9.17, 15) is 9.59 Å². The number of rotatable bonds is 1. The van der Waals surface area contributed by atoms with Gasteiger partial charge in [0.1, 0.15) is 5.60 Å². The molecule has 1 aromatic carbocycles. The molecule has 5 atom stereocenters. The molecule has 1 aromatic rings. The molecule has 29 heavy (non-hydrogen) atoms. The Bertz CT molecular complexity index is 890. The van der Waals surface area contributed by atoms with Gasteiger partial charge in [0.2, 0.25) is 5.91 Å². The van der Waals surface area contributed by atoms with Crippen molar-refractivity contribution in [3.05, 3.63) is 34.9 Å². The molecule has 4 nitrogen and oxygen atoms in total. The molecule has 1 spiro atoms. The van der Waals surface area contributed by atoms with E-state index in [1.807, 2.05) is 26.0 Å². The minimum absolute atomic E-state index is 0.000666. The van der Waals surface area contributed by atoms with Crippen molar-refractivity contribution < 1.29 is 14.3 Å². The molecule has 0 bridgehead atoms. The molecule has 0 aromatic heterocycles. The van der Waals surface area contributed by atoms with Crippen LogP contribution in [0.4, 0.5) is 0 Å². The van der Waals surface area contributed by atoms with Gasteiger partial charge in [-0.25, -0.2) is 0 Å². The van der Waals surface area contributed by atoms with Gasteiger partial charge in [0.25, 0.3) is 0 Å². The van der Waals surface area contributed by atoms with Crippen LogP contribution in [0.5, 0.6) is 0 Å². The molecule has 2 N–H and O–H groups in total. The fraction of sp³-hybridized carbons (Fsp3) is 0.680. The number of aryl methyl sites for hydroxylation is 1. The second-order valence-electron chi connectivity index (χ2n) is 11.0. The highest BCUT2D eigenvalue weighted by molar-refractivity contribution is 5.93. The summed E-state index contributed by atoms with van der Waals surface area (Å²) in [4.78, 5) is 24.4. The Labute approximate surface area is 173 Å². The molecule has 3 fully saturated rings. The predicted octanol–water partition coefficient (Wildman–Crippen LogP) is 4.74. The van der Waals surface area contributed by atoms with Gasteiger partial charge in [-0.1, -0.05) is 13.0 Å². The lowest BCUT2D eigenvalue weighted by molar-refractivity contribution is -0.206. The van der Waals surface area contributed by atoms with E-state index >= 15 is 0 Å². The Morgan fingerprint density at radius 2 is 1.86 bits per heavy atom. The Balaban J connectivity index is 1.45. The van der Waals surface area contributed by atoms with Crippen LogP contribution in [0.2, 0.25) is 0 Å². The normalized spacial score (nSPS) is 40.0. The summed E-state index contributed by atoms with van der Waals surface area (Å²) >= 11 is 0. The maximum absolute atomic E-state index is 12.8. The minimum Gasteiger partial charge on any atom is -0.458 e. The first-order valence-corrected chi connectivity index (χ1v) is 11.3. The van der Waals surface area contributed by atoms with E-state index in [-0.39, 0.29) is 28.3 Å². The van der Waals surface area contributed by atoms with Gasteiger partial charge >= 0.3 is 5.97 Å². The van der Waals surface area contributed by atoms with E-state index in [1.54, 1.807) is 0 Å². The zero-order valence-corrected chi connectivity index (χ0v) is 17.9. The van der Waals surface area contributed by atoms with Gasteiger partial charge in [-0.2, -0.15) is 0 Å². The first-order valence-electron chi connectivity index (χ1n) is 11.3. The predicted molar refractivity (Wildman–Crippen MR) is 111 cm³/mol. The third-order valence-corrected chi connectivity index (χ3v) is 9.30. The van der Waals surface area contributed by atoms with Crippen molar-refractivity contribution in [1.82, 2.24) is 0 Å². The molecule has 5 rings (SSSR count). The second kappa shape index (κ2) is 6.09. The number of carbonyl (C=O) groups is 2. The molecule has 1 heterocycles. The summed E-state index contributed by atoms with van der Waals surface area (Å²) in [6, 6.07) is 6.07. The van der Waals surface area contributed by atoms with Crippen LogP contribution in [0.3, 0.4) is 0 Å². The van der Waals surface area contributed by atoms with Crippen LogP contribution in [0.1, 0.15) is 93.1 Å². The highest BCUT2D eigenvalue weighted by Crippen LogP contribution is 2.67. The average Bonchev–Trinajstić information content (AvgIpc) is 2.97. The third-order valence-electron chi connectivity index (χ3n) is 9.30. The van der Waals surface area contributed by atoms with Crippen LogP contribution in [0.15, 0.2) is 18.2 Å². The Kier molecular flexibility index (Phi) is 4.02. The lowest BCUT2D eigenvalue weighted by Gasteiger charge is -2.56. The number of benzene rings is 1. The quantitative estimate of drug-likeness (QED) is 0.698. The molecule has 1 saturated heterocycles. The largest absolute Gasteiger partial charge is 0.458 e. The van der Waals surface area contributed by atoms with Crippen LogP contribution >= 0.6 is 0 Å². The van der Waals surface area contributed by atoms with Gasteiger partial charge in [0.05, 0.1) is 5.41 Å². The van der Waals surface area contributed by atoms with Crippen molar-refractivity contribution in [3.63, 3.8) is 0 Å². The first-order chi connectivity index (χ1) is 13.7. The number of carbonyl (C=O) groups excluding carboxylic acids is 2. The molecule has 3 aliphatic carbocycles. The van der Waals surface area contributed by atoms with Gasteiger partial charge < -0.3 is 10.5 Å². The van der Waals surface area contributed by atoms with E-state index in [0.717, 1.165) is 44.9 Å². The van der Waals surface area contributed by atoms with Crippen molar-refractivity contribution >= 4 is 11.9 Å². The van der Waals surface area contributed by atoms with Gasteiger partial charge in [0.15, 0.2) is 0 Å². The average molecular weight is 396 g/mol. The van der Waals surface area contributed by atoms with Crippen molar-refractivity contribution in [3.8, 4) is 0 Å². The van der Waals surface area contributed by atoms with Crippen LogP contribution < -0.4 is 5.73 Å². The smallest absolute Gasteiger partial charge is 0.312 e. The van der Waals surface area contributed by atoms with Crippen molar-refractivity contribution in [1.29, 1.82) is 0 Å². The number of hydrogen-bond acceptors (Lipinski definition) is 3. The summed E-state index contributed by atoms with van der Waals surface area (Å²) in [7, 11) is 0. The number of nitrogens with two attached hydrogens (primary N) is 1. The SMILES string of the molecule is CC1(C)CCC2(CCC3C4CCc5cc(C(N)=O)ccc5C4CCC32C)OC1=O. The van der Waals surface area contributed by atoms with Crippen LogP contribution in [0, 0.1) is 22.7 Å². The van der Waals surface area contributed by atoms with E-state index in [0.29, 0.717) is 23.3 Å². The summed E-state index contributed by atoms with van der Waals surface area (Å²) < 4.78 is 6.32. The molecular formula is C25H33NO3. The minimum atomic E-state index is -0.348. The maximum atomic E-state index is 12.8. The zero-order chi connectivity index (χ0) is 20.6. The molecule has 2 saturated carbocycles. The number of hydrogen-bond donors (Lipinski definition) is 1. The summed E-state index contributed by atoms with van der Waals surface area (Å²) in [6.45, 7) is 6.46. The number of ether oxygens (including phenoxy) is 1. The Morgan fingerprint density at radius 3 is 2.59 bits per heavy atom. The maximum Gasteiger partial charge on any atom is 0.312 e. The molecule has 1 aliphatic heterocycles. The highest BCUT2D eigenvalue weighted by Gasteiger charge is 2.65. The van der Waals surface area contributed by atoms with Gasteiger partial charge in [-0.3, -0.25) is 9.59 Å². The lowest BCUT2D eigenvalue weighted by Crippen LogP contribution is -2.56. The van der Waals surface area contributed by atoms with E-state index in [1.165, 1.54) is 17.5 Å². The molecular weight excluding hydrogens is 362 g/mol. The fourth-order valence-corrected chi connectivity index (χ4v) is 7.39. The van der Waals surface area contributed by atoms with Crippen molar-refractivity contribution in [2.45, 2.75) is 83.7 Å². The zero-order valence-electron chi connectivity index (χ0n) is 17.9. The van der Waals surface area contributed by atoms with Crippen LogP contribution in [-0.4, -0.2) is 17.5 Å². The van der Waals surface area contributed by atoms with E-state index in [4.69, 9.17) is 10.5 Å². The standard InChI is InChI=1S/C25H33NO3/c1-23(2)12-13-25(29-22(23)28)11-9-20-19-7-4-15-14-16(21(26)27)5-6-17(15)18(19)8-10-24(20,25)3/h5-6,14,18-20H,4,7-13H2,1-3H3,(H2,26,27). The Hall–Kier alpha value is -1.84. The molecule has 5 unspecified atom stereocenters. The second-order valence-corrected chi connectivity index (χ2v) is 11.0. The molecule has 4 heteroatoms. The third kappa shape index (κ3) is 2.56.